The van der Waals surface area contributed by atoms with Crippen molar-refractivity contribution in [2.24, 2.45) is 0 Å². The number of anilines is 1. The van der Waals surface area contributed by atoms with Crippen molar-refractivity contribution in [3.63, 3.8) is 0 Å². The zero-order valence-corrected chi connectivity index (χ0v) is 11.0. The molecule has 1 aromatic rings. The molecule has 4 nitrogen and oxygen atoms in total. The molecule has 1 aliphatic heterocycles. The molecule has 0 saturated carbocycles. The van der Waals surface area contributed by atoms with Gasteiger partial charge in [-0.25, -0.2) is 8.42 Å². The summed E-state index contributed by atoms with van der Waals surface area (Å²) in [5.41, 5.74) is 7.40. The molecule has 2 rings (SSSR count). The predicted molar refractivity (Wildman–Crippen MR) is 69.8 cm³/mol. The van der Waals surface area contributed by atoms with E-state index in [-0.39, 0.29) is 11.5 Å². The van der Waals surface area contributed by atoms with Crippen LogP contribution >= 0.6 is 11.6 Å². The molecule has 6 heteroatoms. The monoisotopic (exact) mass is 274 g/mol. The Morgan fingerprint density at radius 3 is 2.53 bits per heavy atom. The summed E-state index contributed by atoms with van der Waals surface area (Å²) < 4.78 is 22.6. The molecule has 0 aliphatic carbocycles. The van der Waals surface area contributed by atoms with Gasteiger partial charge in [0.1, 0.15) is 0 Å². The Kier molecular flexibility index (Phi) is 3.61. The second-order valence-corrected chi connectivity index (χ2v) is 6.95. The molecule has 17 heavy (non-hydrogen) atoms. The van der Waals surface area contributed by atoms with Crippen LogP contribution in [-0.2, 0) is 16.4 Å². The molecule has 1 heterocycles. The van der Waals surface area contributed by atoms with Gasteiger partial charge in [0, 0.05) is 35.9 Å². The van der Waals surface area contributed by atoms with Crippen LogP contribution in [0, 0.1) is 0 Å². The number of sulfone groups is 1. The van der Waals surface area contributed by atoms with E-state index in [1.54, 1.807) is 6.07 Å². The molecule has 0 unspecified atom stereocenters. The first kappa shape index (κ1) is 12.7. The van der Waals surface area contributed by atoms with E-state index >= 15 is 0 Å². The van der Waals surface area contributed by atoms with E-state index in [4.69, 9.17) is 17.3 Å². The fourth-order valence-corrected chi connectivity index (χ4v) is 3.39. The van der Waals surface area contributed by atoms with Gasteiger partial charge in [0.05, 0.1) is 11.5 Å². The minimum Gasteiger partial charge on any atom is -0.398 e. The average Bonchev–Trinajstić information content (AvgIpc) is 2.26. The quantitative estimate of drug-likeness (QED) is 0.822. The van der Waals surface area contributed by atoms with Crippen LogP contribution < -0.4 is 5.73 Å². The van der Waals surface area contributed by atoms with Crippen molar-refractivity contribution in [3.8, 4) is 0 Å². The van der Waals surface area contributed by atoms with Crippen LogP contribution in [0.5, 0.6) is 0 Å². The zero-order chi connectivity index (χ0) is 12.5. The highest BCUT2D eigenvalue weighted by Crippen LogP contribution is 2.24. The predicted octanol–water partition coefficient (Wildman–Crippen LogP) is 1.15. The Morgan fingerprint density at radius 2 is 1.94 bits per heavy atom. The van der Waals surface area contributed by atoms with Crippen molar-refractivity contribution < 1.29 is 8.42 Å². The fraction of sp³-hybridized carbons (Fsp3) is 0.455. The second kappa shape index (κ2) is 4.84. The van der Waals surface area contributed by atoms with Gasteiger partial charge in [-0.1, -0.05) is 17.7 Å². The summed E-state index contributed by atoms with van der Waals surface area (Å²) in [5, 5.41) is 0.637. The molecule has 1 aromatic carbocycles. The number of benzene rings is 1. The molecule has 1 saturated heterocycles. The number of hydrogen-bond donors (Lipinski definition) is 1. The van der Waals surface area contributed by atoms with Gasteiger partial charge in [-0.3, -0.25) is 4.90 Å². The van der Waals surface area contributed by atoms with Gasteiger partial charge in [0.25, 0.3) is 0 Å². The topological polar surface area (TPSA) is 63.4 Å². The lowest BCUT2D eigenvalue weighted by molar-refractivity contribution is 0.288. The van der Waals surface area contributed by atoms with Crippen LogP contribution in [0.2, 0.25) is 5.02 Å². The largest absolute Gasteiger partial charge is 0.398 e. The summed E-state index contributed by atoms with van der Waals surface area (Å²) in [6.07, 6.45) is 0. The molecule has 2 N–H and O–H groups in total. The van der Waals surface area contributed by atoms with E-state index in [2.05, 4.69) is 4.90 Å². The van der Waals surface area contributed by atoms with E-state index in [1.165, 1.54) is 0 Å². The normalized spacial score (nSPS) is 20.3. The Labute approximate surface area is 106 Å². The smallest absolute Gasteiger partial charge is 0.152 e. The molecule has 1 aliphatic rings. The summed E-state index contributed by atoms with van der Waals surface area (Å²) in [5.74, 6) is 0.439. The summed E-state index contributed by atoms with van der Waals surface area (Å²) in [6, 6.07) is 5.41. The highest BCUT2D eigenvalue weighted by molar-refractivity contribution is 7.91. The fourth-order valence-electron chi connectivity index (χ4n) is 1.87. The third-order valence-electron chi connectivity index (χ3n) is 2.97. The second-order valence-electron chi connectivity index (χ2n) is 4.24. The van der Waals surface area contributed by atoms with E-state index in [1.807, 2.05) is 12.1 Å². The summed E-state index contributed by atoms with van der Waals surface area (Å²) in [4.78, 5) is 2.07. The maximum atomic E-state index is 11.3. The van der Waals surface area contributed by atoms with E-state index < -0.39 is 9.84 Å². The maximum Gasteiger partial charge on any atom is 0.152 e. The lowest BCUT2D eigenvalue weighted by Gasteiger charge is -2.27. The molecule has 0 radical (unpaired) electrons. The van der Waals surface area contributed by atoms with Gasteiger partial charge in [-0.15, -0.1) is 0 Å². The van der Waals surface area contributed by atoms with Gasteiger partial charge in [-0.2, -0.15) is 0 Å². The van der Waals surface area contributed by atoms with Crippen LogP contribution in [0.3, 0.4) is 0 Å². The van der Waals surface area contributed by atoms with Gasteiger partial charge in [-0.05, 0) is 12.1 Å². The van der Waals surface area contributed by atoms with E-state index in [0.29, 0.717) is 30.3 Å². The Morgan fingerprint density at radius 1 is 1.29 bits per heavy atom. The molecular formula is C11H15ClN2O2S. The first-order chi connectivity index (χ1) is 7.98. The van der Waals surface area contributed by atoms with Crippen molar-refractivity contribution in [2.75, 3.05) is 30.3 Å². The summed E-state index contributed by atoms with van der Waals surface area (Å²) >= 11 is 6.08. The minimum atomic E-state index is -2.83. The van der Waals surface area contributed by atoms with Crippen molar-refractivity contribution in [1.29, 1.82) is 0 Å². The first-order valence-electron chi connectivity index (χ1n) is 5.43. The summed E-state index contributed by atoms with van der Waals surface area (Å²) in [7, 11) is -2.83. The molecule has 1 fully saturated rings. The Hall–Kier alpha value is -0.780. The summed E-state index contributed by atoms with van der Waals surface area (Å²) in [6.45, 7) is 1.71. The van der Waals surface area contributed by atoms with Crippen LogP contribution in [-0.4, -0.2) is 37.9 Å². The van der Waals surface area contributed by atoms with Crippen molar-refractivity contribution in [1.82, 2.24) is 4.90 Å². The number of rotatable bonds is 2. The van der Waals surface area contributed by atoms with Gasteiger partial charge >= 0.3 is 0 Å². The molecule has 0 bridgehead atoms. The number of nitrogens with zero attached hydrogens (tertiary/aromatic N) is 1. The standard InChI is InChI=1S/C11H15ClN2O2S/c12-10-2-1-3-11(13)9(10)8-14-4-6-17(15,16)7-5-14/h1-3H,4-8,13H2. The third kappa shape index (κ3) is 3.12. The van der Waals surface area contributed by atoms with Crippen LogP contribution in [0.15, 0.2) is 18.2 Å². The highest BCUT2D eigenvalue weighted by Gasteiger charge is 2.22. The number of nitrogen functional groups attached to an aromatic ring is 1. The maximum absolute atomic E-state index is 11.3. The lowest BCUT2D eigenvalue weighted by Crippen LogP contribution is -2.39. The van der Waals surface area contributed by atoms with Crippen LogP contribution in [0.4, 0.5) is 5.69 Å². The molecule has 94 valence electrons. The molecule has 0 spiro atoms. The first-order valence-corrected chi connectivity index (χ1v) is 7.63. The average molecular weight is 275 g/mol. The minimum absolute atomic E-state index is 0.220. The molecule has 0 atom stereocenters. The van der Waals surface area contributed by atoms with Crippen molar-refractivity contribution >= 4 is 27.1 Å². The third-order valence-corrected chi connectivity index (χ3v) is 4.94. The van der Waals surface area contributed by atoms with Gasteiger partial charge in [0.2, 0.25) is 0 Å². The lowest BCUT2D eigenvalue weighted by atomic mass is 10.1. The number of nitrogens with two attached hydrogens (primary N) is 1. The van der Waals surface area contributed by atoms with Gasteiger partial charge in [0.15, 0.2) is 9.84 Å². The van der Waals surface area contributed by atoms with E-state index in [9.17, 15) is 8.42 Å². The Balaban J connectivity index is 2.08. The van der Waals surface area contributed by atoms with Crippen LogP contribution in [0.25, 0.3) is 0 Å². The number of halogens is 1. The van der Waals surface area contributed by atoms with E-state index in [0.717, 1.165) is 5.56 Å². The highest BCUT2D eigenvalue weighted by atomic mass is 35.5. The molecule has 0 aromatic heterocycles. The molecular weight excluding hydrogens is 260 g/mol. The SMILES string of the molecule is Nc1cccc(Cl)c1CN1CCS(=O)(=O)CC1. The molecule has 0 amide bonds. The van der Waals surface area contributed by atoms with Crippen LogP contribution in [0.1, 0.15) is 5.56 Å². The van der Waals surface area contributed by atoms with Crippen molar-refractivity contribution in [2.45, 2.75) is 6.54 Å². The number of hydrogen-bond acceptors (Lipinski definition) is 4. The Bertz CT molecular complexity index is 482. The zero-order valence-electron chi connectivity index (χ0n) is 9.39. The van der Waals surface area contributed by atoms with Crippen molar-refractivity contribution in [3.05, 3.63) is 28.8 Å². The van der Waals surface area contributed by atoms with Gasteiger partial charge < -0.3 is 5.73 Å².